The number of hydrogen-bond donors (Lipinski definition) is 1. The number of benzene rings is 1. The van der Waals surface area contributed by atoms with Crippen LogP contribution in [0.1, 0.15) is 64.4 Å². The van der Waals surface area contributed by atoms with E-state index in [1.54, 1.807) is 0 Å². The summed E-state index contributed by atoms with van der Waals surface area (Å²) in [6.07, 6.45) is 6.64. The topological polar surface area (TPSA) is 12.0 Å². The standard InChI is InChI=1S/C18H30BrN/c1-4-7-10-15(5-2)13-16(14-20-6-3)17-11-8-9-12-18(17)19/h8-9,11-12,15-16,20H,4-7,10,13-14H2,1-3H3. The molecular formula is C18H30BrN. The fraction of sp³-hybridized carbons (Fsp3) is 0.667. The number of nitrogens with one attached hydrogen (secondary N) is 1. The number of unbranched alkanes of at least 4 members (excludes halogenated alkanes) is 1. The van der Waals surface area contributed by atoms with Crippen molar-refractivity contribution in [2.45, 2.75) is 58.8 Å². The fourth-order valence-electron chi connectivity index (χ4n) is 2.83. The molecular weight excluding hydrogens is 310 g/mol. The van der Waals surface area contributed by atoms with E-state index < -0.39 is 0 Å². The van der Waals surface area contributed by atoms with Crippen molar-refractivity contribution in [1.82, 2.24) is 5.32 Å². The molecule has 0 aliphatic carbocycles. The summed E-state index contributed by atoms with van der Waals surface area (Å²) in [7, 11) is 0. The van der Waals surface area contributed by atoms with E-state index in [2.05, 4.69) is 66.3 Å². The molecule has 0 amide bonds. The second-order valence-corrected chi connectivity index (χ2v) is 6.53. The van der Waals surface area contributed by atoms with E-state index in [9.17, 15) is 0 Å². The molecule has 0 heterocycles. The van der Waals surface area contributed by atoms with Gasteiger partial charge in [-0.25, -0.2) is 0 Å². The molecule has 0 aliphatic heterocycles. The monoisotopic (exact) mass is 339 g/mol. The van der Waals surface area contributed by atoms with Gasteiger partial charge in [0, 0.05) is 11.0 Å². The summed E-state index contributed by atoms with van der Waals surface area (Å²) in [5, 5.41) is 3.54. The van der Waals surface area contributed by atoms with Crippen molar-refractivity contribution in [2.24, 2.45) is 5.92 Å². The molecule has 0 saturated carbocycles. The largest absolute Gasteiger partial charge is 0.316 e. The van der Waals surface area contributed by atoms with Gasteiger partial charge in [0.25, 0.3) is 0 Å². The first-order chi connectivity index (χ1) is 9.72. The van der Waals surface area contributed by atoms with Crippen LogP contribution >= 0.6 is 15.9 Å². The van der Waals surface area contributed by atoms with Gasteiger partial charge < -0.3 is 5.32 Å². The predicted octanol–water partition coefficient (Wildman–Crippen LogP) is 5.75. The molecule has 0 spiro atoms. The van der Waals surface area contributed by atoms with Crippen molar-refractivity contribution < 1.29 is 0 Å². The van der Waals surface area contributed by atoms with E-state index >= 15 is 0 Å². The summed E-state index contributed by atoms with van der Waals surface area (Å²) in [4.78, 5) is 0. The second-order valence-electron chi connectivity index (χ2n) is 5.68. The van der Waals surface area contributed by atoms with E-state index in [4.69, 9.17) is 0 Å². The molecule has 1 nitrogen and oxygen atoms in total. The Labute approximate surface area is 133 Å². The molecule has 114 valence electrons. The SMILES string of the molecule is CCCCC(CC)CC(CNCC)c1ccccc1Br. The highest BCUT2D eigenvalue weighted by molar-refractivity contribution is 9.10. The molecule has 0 fully saturated rings. The Kier molecular flexibility index (Phi) is 9.21. The zero-order valence-corrected chi connectivity index (χ0v) is 14.9. The van der Waals surface area contributed by atoms with E-state index in [1.165, 1.54) is 42.1 Å². The molecule has 1 aromatic rings. The first-order valence-corrected chi connectivity index (χ1v) is 8.97. The van der Waals surface area contributed by atoms with Gasteiger partial charge in [-0.3, -0.25) is 0 Å². The fourth-order valence-corrected chi connectivity index (χ4v) is 3.44. The Morgan fingerprint density at radius 2 is 1.90 bits per heavy atom. The number of rotatable bonds is 10. The predicted molar refractivity (Wildman–Crippen MR) is 93.3 cm³/mol. The minimum Gasteiger partial charge on any atom is -0.316 e. The Morgan fingerprint density at radius 3 is 2.50 bits per heavy atom. The van der Waals surface area contributed by atoms with Crippen molar-refractivity contribution in [2.75, 3.05) is 13.1 Å². The molecule has 2 atom stereocenters. The van der Waals surface area contributed by atoms with Crippen molar-refractivity contribution >= 4 is 15.9 Å². The van der Waals surface area contributed by atoms with Crippen molar-refractivity contribution in [1.29, 1.82) is 0 Å². The normalized spacial score (nSPS) is 14.2. The molecule has 0 saturated heterocycles. The summed E-state index contributed by atoms with van der Waals surface area (Å²) >= 11 is 3.73. The highest BCUT2D eigenvalue weighted by Gasteiger charge is 2.18. The Hall–Kier alpha value is -0.340. The lowest BCUT2D eigenvalue weighted by molar-refractivity contribution is 0.377. The molecule has 2 unspecified atom stereocenters. The summed E-state index contributed by atoms with van der Waals surface area (Å²) < 4.78 is 1.26. The van der Waals surface area contributed by atoms with Gasteiger partial charge in [-0.15, -0.1) is 0 Å². The molecule has 0 bridgehead atoms. The minimum atomic E-state index is 0.618. The van der Waals surface area contributed by atoms with Crippen LogP contribution in [-0.2, 0) is 0 Å². The first kappa shape index (κ1) is 17.7. The van der Waals surface area contributed by atoms with Gasteiger partial charge in [-0.1, -0.05) is 80.6 Å². The summed E-state index contributed by atoms with van der Waals surface area (Å²) in [5.74, 6) is 1.47. The smallest absolute Gasteiger partial charge is 0.0210 e. The van der Waals surface area contributed by atoms with Crippen LogP contribution in [-0.4, -0.2) is 13.1 Å². The average molecular weight is 340 g/mol. The Morgan fingerprint density at radius 1 is 1.15 bits per heavy atom. The van der Waals surface area contributed by atoms with Crippen LogP contribution in [0.5, 0.6) is 0 Å². The van der Waals surface area contributed by atoms with Crippen LogP contribution in [0.3, 0.4) is 0 Å². The van der Waals surface area contributed by atoms with Gasteiger partial charge >= 0.3 is 0 Å². The van der Waals surface area contributed by atoms with E-state index in [1.807, 2.05) is 0 Å². The van der Waals surface area contributed by atoms with Gasteiger partial charge in [0.05, 0.1) is 0 Å². The van der Waals surface area contributed by atoms with E-state index in [0.29, 0.717) is 5.92 Å². The lowest BCUT2D eigenvalue weighted by atomic mass is 9.85. The van der Waals surface area contributed by atoms with Crippen LogP contribution in [0, 0.1) is 5.92 Å². The summed E-state index contributed by atoms with van der Waals surface area (Å²) in [5.41, 5.74) is 1.46. The molecule has 0 aromatic heterocycles. The quantitative estimate of drug-likeness (QED) is 0.572. The Bertz CT molecular complexity index is 364. The molecule has 1 rings (SSSR count). The zero-order chi connectivity index (χ0) is 14.8. The van der Waals surface area contributed by atoms with Crippen LogP contribution in [0.4, 0.5) is 0 Å². The molecule has 2 heteroatoms. The maximum atomic E-state index is 3.73. The van der Waals surface area contributed by atoms with Crippen molar-refractivity contribution in [3.05, 3.63) is 34.3 Å². The highest BCUT2D eigenvalue weighted by Crippen LogP contribution is 2.32. The third kappa shape index (κ3) is 5.97. The van der Waals surface area contributed by atoms with Crippen molar-refractivity contribution in [3.63, 3.8) is 0 Å². The first-order valence-electron chi connectivity index (χ1n) is 8.17. The van der Waals surface area contributed by atoms with Gasteiger partial charge in [0.1, 0.15) is 0 Å². The molecule has 1 aromatic carbocycles. The number of likely N-dealkylation sites (N-methyl/N-ethyl adjacent to an activating group) is 1. The molecule has 0 radical (unpaired) electrons. The third-order valence-electron chi connectivity index (χ3n) is 4.15. The van der Waals surface area contributed by atoms with Crippen LogP contribution < -0.4 is 5.32 Å². The average Bonchev–Trinajstić information content (AvgIpc) is 2.47. The number of hydrogen-bond acceptors (Lipinski definition) is 1. The van der Waals surface area contributed by atoms with E-state index in [0.717, 1.165) is 19.0 Å². The highest BCUT2D eigenvalue weighted by atomic mass is 79.9. The molecule has 1 N–H and O–H groups in total. The Balaban J connectivity index is 2.75. The van der Waals surface area contributed by atoms with E-state index in [-0.39, 0.29) is 0 Å². The molecule has 20 heavy (non-hydrogen) atoms. The molecule has 0 aliphatic rings. The minimum absolute atomic E-state index is 0.618. The van der Waals surface area contributed by atoms with Gasteiger partial charge in [0.2, 0.25) is 0 Å². The van der Waals surface area contributed by atoms with Crippen LogP contribution in [0.2, 0.25) is 0 Å². The number of halogens is 1. The second kappa shape index (κ2) is 10.4. The maximum Gasteiger partial charge on any atom is 0.0210 e. The van der Waals surface area contributed by atoms with Crippen molar-refractivity contribution in [3.8, 4) is 0 Å². The lowest BCUT2D eigenvalue weighted by Gasteiger charge is -2.24. The van der Waals surface area contributed by atoms with Gasteiger partial charge in [-0.2, -0.15) is 0 Å². The summed E-state index contributed by atoms with van der Waals surface area (Å²) in [6, 6.07) is 8.71. The third-order valence-corrected chi connectivity index (χ3v) is 4.87. The van der Waals surface area contributed by atoms with Gasteiger partial charge in [0.15, 0.2) is 0 Å². The van der Waals surface area contributed by atoms with Crippen LogP contribution in [0.25, 0.3) is 0 Å². The van der Waals surface area contributed by atoms with Crippen LogP contribution in [0.15, 0.2) is 28.7 Å². The van der Waals surface area contributed by atoms with Gasteiger partial charge in [-0.05, 0) is 36.4 Å². The summed E-state index contributed by atoms with van der Waals surface area (Å²) in [6.45, 7) is 8.95. The zero-order valence-electron chi connectivity index (χ0n) is 13.3. The maximum absolute atomic E-state index is 3.73. The lowest BCUT2D eigenvalue weighted by Crippen LogP contribution is -2.23.